The summed E-state index contributed by atoms with van der Waals surface area (Å²) in [6.07, 6.45) is 2.94. The van der Waals surface area contributed by atoms with E-state index in [1.165, 1.54) is 4.88 Å². The number of thiazole rings is 1. The standard InChI is InChI=1S/C20H23ClN6S/c1-12-4-5-16(19(21)23-12)11-27-7-6-15(10-27)17-8-18(25-14(3)24-17)26-20-22-9-13(2)28-20/h4-5,8-9,15H,6-7,10-11H2,1-3H3,(H,22,24,25,26). The molecule has 0 aromatic carbocycles. The van der Waals surface area contributed by atoms with Gasteiger partial charge in [0.15, 0.2) is 5.13 Å². The Bertz CT molecular complexity index is 989. The molecule has 1 N–H and O–H groups in total. The first kappa shape index (κ1) is 19.2. The van der Waals surface area contributed by atoms with Crippen molar-refractivity contribution in [3.63, 3.8) is 0 Å². The number of halogens is 1. The number of anilines is 2. The third-order valence-corrected chi connectivity index (χ3v) is 6.02. The Morgan fingerprint density at radius 1 is 1.21 bits per heavy atom. The van der Waals surface area contributed by atoms with Crippen LogP contribution in [0.25, 0.3) is 0 Å². The zero-order valence-electron chi connectivity index (χ0n) is 16.2. The first-order chi connectivity index (χ1) is 13.5. The van der Waals surface area contributed by atoms with Gasteiger partial charge in [-0.3, -0.25) is 4.90 Å². The minimum absolute atomic E-state index is 0.387. The Morgan fingerprint density at radius 3 is 2.82 bits per heavy atom. The quantitative estimate of drug-likeness (QED) is 0.613. The van der Waals surface area contributed by atoms with E-state index in [1.807, 2.05) is 33.0 Å². The van der Waals surface area contributed by atoms with Crippen molar-refractivity contribution in [2.24, 2.45) is 0 Å². The summed E-state index contributed by atoms with van der Waals surface area (Å²) < 4.78 is 0. The molecule has 0 radical (unpaired) electrons. The zero-order chi connectivity index (χ0) is 19.7. The molecule has 4 heterocycles. The third-order valence-electron chi connectivity index (χ3n) is 4.86. The summed E-state index contributed by atoms with van der Waals surface area (Å²) in [4.78, 5) is 21.5. The van der Waals surface area contributed by atoms with Gasteiger partial charge < -0.3 is 5.32 Å². The summed E-state index contributed by atoms with van der Waals surface area (Å²) in [6.45, 7) is 8.73. The lowest BCUT2D eigenvalue weighted by Gasteiger charge is -2.17. The van der Waals surface area contributed by atoms with Crippen molar-refractivity contribution >= 4 is 33.9 Å². The van der Waals surface area contributed by atoms with Gasteiger partial charge in [0.05, 0.1) is 5.69 Å². The molecule has 1 aliphatic heterocycles. The van der Waals surface area contributed by atoms with E-state index in [0.717, 1.165) is 59.8 Å². The maximum atomic E-state index is 6.31. The van der Waals surface area contributed by atoms with Gasteiger partial charge in [-0.05, 0) is 39.8 Å². The van der Waals surface area contributed by atoms with Crippen LogP contribution in [0.1, 0.15) is 40.0 Å². The second-order valence-corrected chi connectivity index (χ2v) is 8.84. The van der Waals surface area contributed by atoms with Crippen molar-refractivity contribution in [2.45, 2.75) is 39.7 Å². The highest BCUT2D eigenvalue weighted by Crippen LogP contribution is 2.30. The van der Waals surface area contributed by atoms with Crippen LogP contribution in [0.5, 0.6) is 0 Å². The Labute approximate surface area is 174 Å². The van der Waals surface area contributed by atoms with E-state index in [0.29, 0.717) is 11.1 Å². The van der Waals surface area contributed by atoms with Crippen molar-refractivity contribution in [2.75, 3.05) is 18.4 Å². The van der Waals surface area contributed by atoms with Gasteiger partial charge in [0, 0.05) is 47.4 Å². The van der Waals surface area contributed by atoms with Gasteiger partial charge in [-0.15, -0.1) is 11.3 Å². The molecule has 3 aromatic heterocycles. The molecule has 146 valence electrons. The lowest BCUT2D eigenvalue weighted by molar-refractivity contribution is 0.326. The fourth-order valence-electron chi connectivity index (χ4n) is 3.52. The first-order valence-corrected chi connectivity index (χ1v) is 10.5. The van der Waals surface area contributed by atoms with Crippen molar-refractivity contribution in [1.82, 2.24) is 24.8 Å². The normalized spacial score (nSPS) is 17.2. The molecule has 0 amide bonds. The van der Waals surface area contributed by atoms with Gasteiger partial charge in [-0.2, -0.15) is 0 Å². The summed E-state index contributed by atoms with van der Waals surface area (Å²) in [6, 6.07) is 6.14. The second kappa shape index (κ2) is 8.11. The Kier molecular flexibility index (Phi) is 5.57. The van der Waals surface area contributed by atoms with Gasteiger partial charge in [0.25, 0.3) is 0 Å². The molecule has 3 aromatic rings. The monoisotopic (exact) mass is 414 g/mol. The SMILES string of the molecule is Cc1ccc(CN2CCC(c3cc(Nc4ncc(C)s4)nc(C)n3)C2)c(Cl)n1. The summed E-state index contributed by atoms with van der Waals surface area (Å²) in [5.41, 5.74) is 3.10. The first-order valence-electron chi connectivity index (χ1n) is 9.35. The van der Waals surface area contributed by atoms with E-state index in [9.17, 15) is 0 Å². The van der Waals surface area contributed by atoms with Crippen molar-refractivity contribution in [3.8, 4) is 0 Å². The summed E-state index contributed by atoms with van der Waals surface area (Å²) in [7, 11) is 0. The summed E-state index contributed by atoms with van der Waals surface area (Å²) in [5, 5.41) is 4.77. The van der Waals surface area contributed by atoms with Gasteiger partial charge in [-0.1, -0.05) is 17.7 Å². The number of likely N-dealkylation sites (tertiary alicyclic amines) is 1. The molecular weight excluding hydrogens is 392 g/mol. The fraction of sp³-hybridized carbons (Fsp3) is 0.400. The van der Waals surface area contributed by atoms with Crippen LogP contribution in [-0.4, -0.2) is 37.9 Å². The van der Waals surface area contributed by atoms with Gasteiger partial charge in [-0.25, -0.2) is 19.9 Å². The number of aromatic nitrogens is 4. The van der Waals surface area contributed by atoms with E-state index in [2.05, 4.69) is 37.3 Å². The van der Waals surface area contributed by atoms with Crippen LogP contribution in [0.3, 0.4) is 0 Å². The van der Waals surface area contributed by atoms with Crippen LogP contribution in [0.2, 0.25) is 5.15 Å². The number of hydrogen-bond acceptors (Lipinski definition) is 7. The van der Waals surface area contributed by atoms with E-state index >= 15 is 0 Å². The average Bonchev–Trinajstić information content (AvgIpc) is 3.26. The van der Waals surface area contributed by atoms with Gasteiger partial charge in [0.1, 0.15) is 16.8 Å². The maximum absolute atomic E-state index is 6.31. The van der Waals surface area contributed by atoms with E-state index < -0.39 is 0 Å². The molecule has 4 rings (SSSR count). The highest BCUT2D eigenvalue weighted by Gasteiger charge is 2.26. The number of rotatable bonds is 5. The minimum Gasteiger partial charge on any atom is -0.316 e. The van der Waals surface area contributed by atoms with Crippen LogP contribution in [-0.2, 0) is 6.54 Å². The fourth-order valence-corrected chi connectivity index (χ4v) is 4.44. The van der Waals surface area contributed by atoms with Crippen molar-refractivity contribution in [3.05, 3.63) is 57.2 Å². The molecule has 1 fully saturated rings. The van der Waals surface area contributed by atoms with Crippen LogP contribution in [0, 0.1) is 20.8 Å². The minimum atomic E-state index is 0.387. The van der Waals surface area contributed by atoms with Crippen LogP contribution >= 0.6 is 22.9 Å². The smallest absolute Gasteiger partial charge is 0.188 e. The summed E-state index contributed by atoms with van der Waals surface area (Å²) in [5.74, 6) is 1.97. The number of aryl methyl sites for hydroxylation is 3. The molecule has 8 heteroatoms. The van der Waals surface area contributed by atoms with E-state index in [1.54, 1.807) is 11.3 Å². The number of nitrogens with one attached hydrogen (secondary N) is 1. The molecule has 6 nitrogen and oxygen atoms in total. The number of hydrogen-bond donors (Lipinski definition) is 1. The average molecular weight is 415 g/mol. The molecule has 0 aliphatic carbocycles. The Morgan fingerprint density at radius 2 is 2.07 bits per heavy atom. The van der Waals surface area contributed by atoms with Gasteiger partial charge >= 0.3 is 0 Å². The van der Waals surface area contributed by atoms with Crippen molar-refractivity contribution < 1.29 is 0 Å². The molecule has 0 spiro atoms. The second-order valence-electron chi connectivity index (χ2n) is 7.25. The lowest BCUT2D eigenvalue weighted by Crippen LogP contribution is -2.20. The molecule has 1 atom stereocenters. The van der Waals surface area contributed by atoms with Crippen LogP contribution in [0.4, 0.5) is 10.9 Å². The van der Waals surface area contributed by atoms with Crippen LogP contribution in [0.15, 0.2) is 24.4 Å². The molecule has 0 saturated carbocycles. The van der Waals surface area contributed by atoms with E-state index in [-0.39, 0.29) is 0 Å². The highest BCUT2D eigenvalue weighted by atomic mass is 35.5. The predicted octanol–water partition coefficient (Wildman–Crippen LogP) is 4.64. The Balaban J connectivity index is 1.46. The number of pyridine rings is 1. The van der Waals surface area contributed by atoms with E-state index in [4.69, 9.17) is 16.6 Å². The molecule has 28 heavy (non-hydrogen) atoms. The lowest BCUT2D eigenvalue weighted by atomic mass is 10.0. The van der Waals surface area contributed by atoms with Crippen LogP contribution < -0.4 is 5.32 Å². The highest BCUT2D eigenvalue weighted by molar-refractivity contribution is 7.15. The third kappa shape index (κ3) is 4.48. The molecule has 1 aliphatic rings. The summed E-state index contributed by atoms with van der Waals surface area (Å²) >= 11 is 7.93. The molecule has 1 unspecified atom stereocenters. The topological polar surface area (TPSA) is 66.8 Å². The number of nitrogens with zero attached hydrogens (tertiary/aromatic N) is 5. The molecule has 1 saturated heterocycles. The molecule has 0 bridgehead atoms. The zero-order valence-corrected chi connectivity index (χ0v) is 17.8. The predicted molar refractivity (Wildman–Crippen MR) is 114 cm³/mol. The van der Waals surface area contributed by atoms with Crippen molar-refractivity contribution in [1.29, 1.82) is 0 Å². The van der Waals surface area contributed by atoms with Gasteiger partial charge in [0.2, 0.25) is 0 Å². The Hall–Kier alpha value is -2.09. The largest absolute Gasteiger partial charge is 0.316 e. The maximum Gasteiger partial charge on any atom is 0.188 e. The molecular formula is C20H23ClN6S.